The first kappa shape index (κ1) is 22.6. The number of carbonyl (C=O) groups is 2. The Kier molecular flexibility index (Phi) is 7.46. The van der Waals surface area contributed by atoms with Crippen molar-refractivity contribution in [2.75, 3.05) is 16.4 Å². The topological polar surface area (TPSA) is 88.9 Å². The van der Waals surface area contributed by atoms with E-state index in [2.05, 4.69) is 20.8 Å². The van der Waals surface area contributed by atoms with Crippen LogP contribution in [0.5, 0.6) is 0 Å². The number of rotatable bonds is 8. The molecule has 1 heterocycles. The summed E-state index contributed by atoms with van der Waals surface area (Å²) in [6.45, 7) is 6.05. The highest BCUT2D eigenvalue weighted by molar-refractivity contribution is 7.99. The number of thioether (sulfide) groups is 1. The van der Waals surface area contributed by atoms with Gasteiger partial charge in [0, 0.05) is 31.3 Å². The Morgan fingerprint density at radius 1 is 0.903 bits per heavy atom. The average molecular weight is 438 g/mol. The molecule has 0 atom stereocenters. The van der Waals surface area contributed by atoms with Gasteiger partial charge in [-0.1, -0.05) is 35.5 Å². The number of aromatic nitrogens is 3. The van der Waals surface area contributed by atoms with Crippen LogP contribution >= 0.6 is 11.8 Å². The molecule has 0 fully saturated rings. The average Bonchev–Trinajstić information content (AvgIpc) is 3.09. The van der Waals surface area contributed by atoms with Crippen LogP contribution in [0.25, 0.3) is 0 Å². The SMILES string of the molecule is Cc1ccc(NC(=O)CCc2nnc(SCC(=O)Nc3ccc(C)c(C)c3)n2C)cc1. The van der Waals surface area contributed by atoms with Gasteiger partial charge in [0.2, 0.25) is 11.8 Å². The molecule has 0 radical (unpaired) electrons. The predicted octanol–water partition coefficient (Wildman–Crippen LogP) is 4.04. The van der Waals surface area contributed by atoms with Gasteiger partial charge in [0.1, 0.15) is 5.82 Å². The zero-order chi connectivity index (χ0) is 22.4. The van der Waals surface area contributed by atoms with E-state index in [-0.39, 0.29) is 17.6 Å². The Bertz CT molecular complexity index is 1080. The zero-order valence-corrected chi connectivity index (χ0v) is 19.0. The second-order valence-electron chi connectivity index (χ2n) is 7.51. The molecule has 7 nitrogen and oxygen atoms in total. The van der Waals surface area contributed by atoms with Gasteiger partial charge in [-0.15, -0.1) is 10.2 Å². The summed E-state index contributed by atoms with van der Waals surface area (Å²) in [6.07, 6.45) is 0.772. The molecule has 0 aliphatic heterocycles. The van der Waals surface area contributed by atoms with Crippen molar-refractivity contribution in [1.29, 1.82) is 0 Å². The molecule has 2 aromatic carbocycles. The van der Waals surface area contributed by atoms with Crippen LogP contribution in [0.3, 0.4) is 0 Å². The van der Waals surface area contributed by atoms with E-state index in [1.807, 2.05) is 74.9 Å². The third-order valence-corrected chi connectivity index (χ3v) is 5.98. The Labute approximate surface area is 186 Å². The summed E-state index contributed by atoms with van der Waals surface area (Å²) < 4.78 is 1.83. The molecule has 0 spiro atoms. The maximum absolute atomic E-state index is 12.3. The van der Waals surface area contributed by atoms with Gasteiger partial charge in [-0.05, 0) is 56.2 Å². The van der Waals surface area contributed by atoms with Gasteiger partial charge < -0.3 is 15.2 Å². The molecule has 3 rings (SSSR count). The van der Waals surface area contributed by atoms with E-state index in [0.29, 0.717) is 23.8 Å². The molecule has 0 unspecified atom stereocenters. The normalized spacial score (nSPS) is 10.7. The highest BCUT2D eigenvalue weighted by Gasteiger charge is 2.13. The van der Waals surface area contributed by atoms with E-state index in [0.717, 1.165) is 22.5 Å². The summed E-state index contributed by atoms with van der Waals surface area (Å²) in [5.74, 6) is 0.757. The van der Waals surface area contributed by atoms with E-state index >= 15 is 0 Å². The fourth-order valence-electron chi connectivity index (χ4n) is 2.92. The van der Waals surface area contributed by atoms with Gasteiger partial charge in [0.25, 0.3) is 0 Å². The molecule has 0 saturated heterocycles. The number of nitrogens with zero attached hydrogens (tertiary/aromatic N) is 3. The largest absolute Gasteiger partial charge is 0.326 e. The van der Waals surface area contributed by atoms with Crippen molar-refractivity contribution in [3.8, 4) is 0 Å². The van der Waals surface area contributed by atoms with Crippen LogP contribution < -0.4 is 10.6 Å². The van der Waals surface area contributed by atoms with Gasteiger partial charge in [0.15, 0.2) is 5.16 Å². The van der Waals surface area contributed by atoms with Crippen LogP contribution in [0.1, 0.15) is 28.9 Å². The summed E-state index contributed by atoms with van der Waals surface area (Å²) in [6, 6.07) is 13.5. The Hall–Kier alpha value is -3.13. The van der Waals surface area contributed by atoms with Crippen molar-refractivity contribution >= 4 is 35.0 Å². The minimum atomic E-state index is -0.102. The number of nitrogens with one attached hydrogen (secondary N) is 2. The molecule has 3 aromatic rings. The monoisotopic (exact) mass is 437 g/mol. The Morgan fingerprint density at radius 2 is 1.58 bits per heavy atom. The second kappa shape index (κ2) is 10.3. The van der Waals surface area contributed by atoms with Crippen LogP contribution in [0.2, 0.25) is 0 Å². The van der Waals surface area contributed by atoms with Crippen LogP contribution in [-0.2, 0) is 23.1 Å². The van der Waals surface area contributed by atoms with Crippen molar-refractivity contribution in [1.82, 2.24) is 14.8 Å². The second-order valence-corrected chi connectivity index (χ2v) is 8.45. The number of carbonyl (C=O) groups excluding carboxylic acids is 2. The lowest BCUT2D eigenvalue weighted by Crippen LogP contribution is -2.15. The fourth-order valence-corrected chi connectivity index (χ4v) is 3.65. The first-order valence-electron chi connectivity index (χ1n) is 10.1. The van der Waals surface area contributed by atoms with Gasteiger partial charge in [0.05, 0.1) is 5.75 Å². The van der Waals surface area contributed by atoms with Gasteiger partial charge in [-0.2, -0.15) is 0 Å². The summed E-state index contributed by atoms with van der Waals surface area (Å²) in [5, 5.41) is 14.8. The van der Waals surface area contributed by atoms with Crippen molar-refractivity contribution in [3.63, 3.8) is 0 Å². The number of anilines is 2. The third kappa shape index (κ3) is 6.42. The van der Waals surface area contributed by atoms with E-state index in [1.165, 1.54) is 17.3 Å². The zero-order valence-electron chi connectivity index (χ0n) is 18.2. The van der Waals surface area contributed by atoms with Crippen LogP contribution in [0.4, 0.5) is 11.4 Å². The minimum absolute atomic E-state index is 0.0752. The van der Waals surface area contributed by atoms with Crippen molar-refractivity contribution < 1.29 is 9.59 Å². The Balaban J connectivity index is 1.47. The first-order valence-corrected chi connectivity index (χ1v) is 11.0. The van der Waals surface area contributed by atoms with Gasteiger partial charge >= 0.3 is 0 Å². The smallest absolute Gasteiger partial charge is 0.234 e. The van der Waals surface area contributed by atoms with E-state index in [1.54, 1.807) is 0 Å². The molecule has 2 amide bonds. The summed E-state index contributed by atoms with van der Waals surface area (Å²) in [7, 11) is 1.84. The quantitative estimate of drug-likeness (QED) is 0.519. The molecular formula is C23H27N5O2S. The highest BCUT2D eigenvalue weighted by atomic mass is 32.2. The molecule has 0 bridgehead atoms. The third-order valence-electron chi connectivity index (χ3n) is 4.96. The molecule has 2 N–H and O–H groups in total. The fraction of sp³-hybridized carbons (Fsp3) is 0.304. The highest BCUT2D eigenvalue weighted by Crippen LogP contribution is 2.18. The van der Waals surface area contributed by atoms with E-state index in [4.69, 9.17) is 0 Å². The first-order chi connectivity index (χ1) is 14.8. The van der Waals surface area contributed by atoms with Crippen molar-refractivity contribution in [2.24, 2.45) is 7.05 Å². The standard InChI is InChI=1S/C23H27N5O2S/c1-15-5-8-18(9-6-15)24-21(29)12-11-20-26-27-23(28(20)4)31-14-22(30)25-19-10-7-16(2)17(3)13-19/h5-10,13H,11-12,14H2,1-4H3,(H,24,29)(H,25,30). The Morgan fingerprint density at radius 3 is 2.29 bits per heavy atom. The van der Waals surface area contributed by atoms with Gasteiger partial charge in [-0.3, -0.25) is 9.59 Å². The van der Waals surface area contributed by atoms with Crippen molar-refractivity contribution in [3.05, 3.63) is 65.0 Å². The maximum Gasteiger partial charge on any atom is 0.234 e. The van der Waals surface area contributed by atoms with E-state index in [9.17, 15) is 9.59 Å². The number of hydrogen-bond donors (Lipinski definition) is 2. The summed E-state index contributed by atoms with van der Waals surface area (Å²) in [4.78, 5) is 24.5. The number of amides is 2. The maximum atomic E-state index is 12.3. The summed E-state index contributed by atoms with van der Waals surface area (Å²) >= 11 is 1.32. The number of aryl methyl sites for hydroxylation is 4. The molecule has 8 heteroatoms. The molecule has 0 aliphatic rings. The molecule has 31 heavy (non-hydrogen) atoms. The van der Waals surface area contributed by atoms with Crippen molar-refractivity contribution in [2.45, 2.75) is 38.8 Å². The van der Waals surface area contributed by atoms with Crippen LogP contribution in [-0.4, -0.2) is 32.3 Å². The number of benzene rings is 2. The van der Waals surface area contributed by atoms with Gasteiger partial charge in [-0.25, -0.2) is 0 Å². The summed E-state index contributed by atoms with van der Waals surface area (Å²) in [5.41, 5.74) is 5.03. The molecule has 162 valence electrons. The lowest BCUT2D eigenvalue weighted by molar-refractivity contribution is -0.116. The minimum Gasteiger partial charge on any atom is -0.326 e. The van der Waals surface area contributed by atoms with Crippen LogP contribution in [0, 0.1) is 20.8 Å². The lowest BCUT2D eigenvalue weighted by atomic mass is 10.1. The molecular weight excluding hydrogens is 410 g/mol. The predicted molar refractivity (Wildman–Crippen MR) is 124 cm³/mol. The molecule has 0 saturated carbocycles. The lowest BCUT2D eigenvalue weighted by Gasteiger charge is -2.08. The number of hydrogen-bond acceptors (Lipinski definition) is 5. The molecule has 0 aliphatic carbocycles. The molecule has 1 aromatic heterocycles. The van der Waals surface area contributed by atoms with E-state index < -0.39 is 0 Å². The van der Waals surface area contributed by atoms with Crippen LogP contribution in [0.15, 0.2) is 47.6 Å².